The molecule has 0 unspecified atom stereocenters. The second-order valence-corrected chi connectivity index (χ2v) is 9.01. The number of fused-ring (bicyclic) bond motifs is 1. The fourth-order valence-electron chi connectivity index (χ4n) is 3.45. The van der Waals surface area contributed by atoms with E-state index in [0.29, 0.717) is 23.8 Å². The van der Waals surface area contributed by atoms with Crippen molar-refractivity contribution in [3.05, 3.63) is 54.6 Å². The molecule has 1 saturated heterocycles. The molecule has 0 aliphatic carbocycles. The van der Waals surface area contributed by atoms with E-state index in [2.05, 4.69) is 15.1 Å². The third-order valence-electron chi connectivity index (χ3n) is 6.07. The summed E-state index contributed by atoms with van der Waals surface area (Å²) < 4.78 is 25.6. The Morgan fingerprint density at radius 2 is 1.81 bits per heavy atom. The number of hydrogen-bond donors (Lipinski definition) is 0. The molecule has 0 atom stereocenters. The number of aryl methyl sites for hydroxylation is 1. The topological polar surface area (TPSA) is 84.4 Å². The van der Waals surface area contributed by atoms with Gasteiger partial charge in [0, 0.05) is 31.0 Å². The summed E-state index contributed by atoms with van der Waals surface area (Å²) in [4.78, 5) is 9.06. The highest BCUT2D eigenvalue weighted by molar-refractivity contribution is 6.62. The van der Waals surface area contributed by atoms with Gasteiger partial charge in [-0.25, -0.2) is 4.98 Å². The number of benzene rings is 1. The van der Waals surface area contributed by atoms with Gasteiger partial charge >= 0.3 is 7.12 Å². The lowest BCUT2D eigenvalue weighted by molar-refractivity contribution is 0.00578. The highest BCUT2D eigenvalue weighted by Gasteiger charge is 2.51. The van der Waals surface area contributed by atoms with Gasteiger partial charge in [-0.3, -0.25) is 9.67 Å². The maximum absolute atomic E-state index is 6.08. The monoisotopic (exact) mass is 432 g/mol. The molecular formula is C23H25BN4O4. The first-order chi connectivity index (χ1) is 15.2. The van der Waals surface area contributed by atoms with Crippen LogP contribution in [0.2, 0.25) is 0 Å². The fourth-order valence-corrected chi connectivity index (χ4v) is 3.45. The van der Waals surface area contributed by atoms with Crippen molar-refractivity contribution in [1.82, 2.24) is 19.7 Å². The first-order valence-electron chi connectivity index (χ1n) is 10.5. The number of nitrogens with zero attached hydrogens (tertiary/aromatic N) is 4. The number of hydrogen-bond acceptors (Lipinski definition) is 7. The Balaban J connectivity index is 1.25. The van der Waals surface area contributed by atoms with Gasteiger partial charge in [0.2, 0.25) is 5.89 Å². The van der Waals surface area contributed by atoms with Crippen LogP contribution < -0.4 is 10.2 Å². The van der Waals surface area contributed by atoms with Crippen LogP contribution in [0.3, 0.4) is 0 Å². The Kier molecular flexibility index (Phi) is 4.83. The van der Waals surface area contributed by atoms with Crippen LogP contribution in [0, 0.1) is 0 Å². The van der Waals surface area contributed by atoms with E-state index in [0.717, 1.165) is 22.2 Å². The lowest BCUT2D eigenvalue weighted by Crippen LogP contribution is -2.41. The van der Waals surface area contributed by atoms with E-state index in [9.17, 15) is 0 Å². The average molecular weight is 432 g/mol. The van der Waals surface area contributed by atoms with Gasteiger partial charge in [-0.05, 0) is 45.9 Å². The lowest BCUT2D eigenvalue weighted by Gasteiger charge is -2.32. The smallest absolute Gasteiger partial charge is 0.487 e. The number of rotatable bonds is 5. The zero-order chi connectivity index (χ0) is 22.5. The van der Waals surface area contributed by atoms with Gasteiger partial charge in [0.15, 0.2) is 5.58 Å². The summed E-state index contributed by atoms with van der Waals surface area (Å²) in [5.74, 6) is 1.23. The first kappa shape index (κ1) is 20.7. The van der Waals surface area contributed by atoms with Crippen molar-refractivity contribution in [2.75, 3.05) is 0 Å². The van der Waals surface area contributed by atoms with Gasteiger partial charge in [0.05, 0.1) is 28.7 Å². The van der Waals surface area contributed by atoms with Crippen LogP contribution >= 0.6 is 0 Å². The average Bonchev–Trinajstić information content (AvgIpc) is 3.42. The van der Waals surface area contributed by atoms with Crippen molar-refractivity contribution < 1.29 is 18.5 Å². The fraction of sp³-hybridized carbons (Fsp3) is 0.348. The maximum Gasteiger partial charge on any atom is 0.496 e. The zero-order valence-corrected chi connectivity index (χ0v) is 18.8. The summed E-state index contributed by atoms with van der Waals surface area (Å²) in [7, 11) is 1.43. The normalized spacial score (nSPS) is 17.2. The molecule has 164 valence electrons. The molecule has 3 aromatic heterocycles. The van der Waals surface area contributed by atoms with Crippen molar-refractivity contribution in [2.24, 2.45) is 7.05 Å². The minimum absolute atomic E-state index is 0.336. The molecule has 32 heavy (non-hydrogen) atoms. The number of oxazole rings is 1. The molecule has 1 fully saturated rings. The number of pyridine rings is 1. The van der Waals surface area contributed by atoms with Gasteiger partial charge in [0.1, 0.15) is 17.9 Å². The molecule has 1 aliphatic rings. The molecular weight excluding hydrogens is 407 g/mol. The van der Waals surface area contributed by atoms with Crippen molar-refractivity contribution in [1.29, 1.82) is 0 Å². The molecule has 0 bridgehead atoms. The summed E-state index contributed by atoms with van der Waals surface area (Å²) in [5.41, 5.74) is 3.19. The maximum atomic E-state index is 6.08. The van der Waals surface area contributed by atoms with Gasteiger partial charge in [-0.1, -0.05) is 6.07 Å². The van der Waals surface area contributed by atoms with Gasteiger partial charge in [-0.15, -0.1) is 0 Å². The van der Waals surface area contributed by atoms with E-state index in [4.69, 9.17) is 18.5 Å². The molecule has 0 spiro atoms. The van der Waals surface area contributed by atoms with Crippen LogP contribution in [0.5, 0.6) is 5.75 Å². The molecule has 4 aromatic rings. The lowest BCUT2D eigenvalue weighted by atomic mass is 9.80. The minimum atomic E-state index is -0.425. The second kappa shape index (κ2) is 7.46. The molecule has 0 amide bonds. The van der Waals surface area contributed by atoms with Crippen molar-refractivity contribution in [2.45, 2.75) is 45.5 Å². The van der Waals surface area contributed by atoms with Gasteiger partial charge in [-0.2, -0.15) is 5.10 Å². The summed E-state index contributed by atoms with van der Waals surface area (Å²) in [6, 6.07) is 9.47. The van der Waals surface area contributed by atoms with Crippen LogP contribution in [0.25, 0.3) is 22.6 Å². The number of ether oxygens (including phenoxy) is 1. The van der Waals surface area contributed by atoms with Crippen LogP contribution in [-0.4, -0.2) is 38.1 Å². The molecule has 9 heteroatoms. The van der Waals surface area contributed by atoms with E-state index in [1.807, 2.05) is 71.3 Å². The largest absolute Gasteiger partial charge is 0.496 e. The van der Waals surface area contributed by atoms with Crippen molar-refractivity contribution >= 4 is 23.7 Å². The van der Waals surface area contributed by atoms with Crippen LogP contribution in [0.15, 0.2) is 53.3 Å². The molecule has 8 nitrogen and oxygen atoms in total. The molecule has 0 saturated carbocycles. The summed E-state index contributed by atoms with van der Waals surface area (Å²) >= 11 is 0. The second-order valence-electron chi connectivity index (χ2n) is 9.01. The van der Waals surface area contributed by atoms with E-state index in [-0.39, 0.29) is 11.2 Å². The summed E-state index contributed by atoms with van der Waals surface area (Å²) in [6.07, 6.45) is 5.37. The number of aromatic nitrogens is 4. The van der Waals surface area contributed by atoms with Crippen LogP contribution in [0.4, 0.5) is 0 Å². The quantitative estimate of drug-likeness (QED) is 0.447. The molecule has 5 rings (SSSR count). The van der Waals surface area contributed by atoms with E-state index >= 15 is 0 Å². The van der Waals surface area contributed by atoms with E-state index in [1.54, 1.807) is 17.1 Å². The van der Waals surface area contributed by atoms with Crippen molar-refractivity contribution in [3.63, 3.8) is 0 Å². The Labute approximate surface area is 186 Å². The highest BCUT2D eigenvalue weighted by atomic mass is 16.7. The highest BCUT2D eigenvalue weighted by Crippen LogP contribution is 2.36. The minimum Gasteiger partial charge on any atom is -0.487 e. The van der Waals surface area contributed by atoms with Gasteiger partial charge < -0.3 is 18.5 Å². The Morgan fingerprint density at radius 1 is 1.03 bits per heavy atom. The standard InChI is InChI=1S/C23H25BN4O4/c1-22(2)23(3,4)32-24(31-22)16-6-7-17(25-12-16)14-29-18-8-9-20-19(10-18)27-21(30-20)15-11-26-28(5)13-15/h6-13H,14H2,1-5H3. The van der Waals surface area contributed by atoms with E-state index < -0.39 is 7.12 Å². The summed E-state index contributed by atoms with van der Waals surface area (Å²) in [6.45, 7) is 8.48. The molecule has 4 heterocycles. The van der Waals surface area contributed by atoms with Gasteiger partial charge in [0.25, 0.3) is 0 Å². The molecule has 0 radical (unpaired) electrons. The Bertz CT molecular complexity index is 1250. The molecule has 1 aromatic carbocycles. The zero-order valence-electron chi connectivity index (χ0n) is 18.8. The summed E-state index contributed by atoms with van der Waals surface area (Å²) in [5, 5.41) is 4.16. The van der Waals surface area contributed by atoms with Crippen LogP contribution in [0.1, 0.15) is 33.4 Å². The molecule has 0 N–H and O–H groups in total. The SMILES string of the molecule is Cn1cc(-c2nc3cc(OCc4ccc(B5OC(C)(C)C(C)(C)O5)cn4)ccc3o2)cn1. The first-order valence-corrected chi connectivity index (χ1v) is 10.5. The predicted molar refractivity (Wildman–Crippen MR) is 120 cm³/mol. The molecule has 1 aliphatic heterocycles. The van der Waals surface area contributed by atoms with Crippen molar-refractivity contribution in [3.8, 4) is 17.2 Å². The Hall–Kier alpha value is -3.17. The third kappa shape index (κ3) is 3.78. The Morgan fingerprint density at radius 3 is 2.47 bits per heavy atom. The van der Waals surface area contributed by atoms with E-state index in [1.165, 1.54) is 0 Å². The third-order valence-corrected chi connectivity index (χ3v) is 6.07. The van der Waals surface area contributed by atoms with Crippen LogP contribution in [-0.2, 0) is 23.0 Å². The predicted octanol–water partition coefficient (Wildman–Crippen LogP) is 3.50.